The first-order chi connectivity index (χ1) is 10.5. The van der Waals surface area contributed by atoms with Crippen LogP contribution in [0.2, 0.25) is 0 Å². The lowest BCUT2D eigenvalue weighted by molar-refractivity contribution is -0.385. The summed E-state index contributed by atoms with van der Waals surface area (Å²) in [5, 5.41) is 20.0. The summed E-state index contributed by atoms with van der Waals surface area (Å²) in [6.45, 7) is 0.160. The van der Waals surface area contributed by atoms with Gasteiger partial charge in [-0.2, -0.15) is 0 Å². The quantitative estimate of drug-likeness (QED) is 0.356. The Kier molecular flexibility index (Phi) is 5.90. The summed E-state index contributed by atoms with van der Waals surface area (Å²) in [4.78, 5) is 24.8. The van der Waals surface area contributed by atoms with E-state index >= 15 is 0 Å². The van der Waals surface area contributed by atoms with E-state index in [9.17, 15) is 14.9 Å². The van der Waals surface area contributed by atoms with Gasteiger partial charge >= 0.3 is 6.16 Å². The van der Waals surface area contributed by atoms with Gasteiger partial charge in [-0.25, -0.2) is 9.78 Å². The fourth-order valence-corrected chi connectivity index (χ4v) is 5.07. The van der Waals surface area contributed by atoms with Crippen LogP contribution in [-0.2, 0) is 4.74 Å². The Labute approximate surface area is 135 Å². The number of nitrogens with zero attached hydrogens (tertiary/aromatic N) is 2. The molecule has 22 heavy (non-hydrogen) atoms. The van der Waals surface area contributed by atoms with E-state index in [0.29, 0.717) is 5.03 Å². The zero-order chi connectivity index (χ0) is 16.0. The predicted molar refractivity (Wildman–Crippen MR) is 84.1 cm³/mol. The highest BCUT2D eigenvalue weighted by Gasteiger charge is 2.35. The molecule has 1 saturated carbocycles. The third kappa shape index (κ3) is 4.77. The highest BCUT2D eigenvalue weighted by molar-refractivity contribution is 8.77. The van der Waals surface area contributed by atoms with Crippen LogP contribution in [0.3, 0.4) is 0 Å². The molecule has 0 aromatic carbocycles. The van der Waals surface area contributed by atoms with Crippen molar-refractivity contribution in [1.29, 1.82) is 0 Å². The minimum Gasteiger partial charge on any atom is -0.450 e. The maximum Gasteiger partial charge on any atom is 0.505 e. The topological polar surface area (TPSA) is 103 Å². The Morgan fingerprint density at radius 1 is 1.41 bits per heavy atom. The van der Waals surface area contributed by atoms with Crippen LogP contribution in [0.1, 0.15) is 32.1 Å². The molecular formula is C13H16N2O5S2. The van der Waals surface area contributed by atoms with Crippen molar-refractivity contribution in [3.63, 3.8) is 0 Å². The first-order valence-corrected chi connectivity index (χ1v) is 8.98. The molecule has 1 aliphatic rings. The van der Waals surface area contributed by atoms with E-state index in [2.05, 4.69) is 4.98 Å². The fraction of sp³-hybridized carbons (Fsp3) is 0.538. The lowest BCUT2D eigenvalue weighted by Gasteiger charge is -2.34. The lowest BCUT2D eigenvalue weighted by Crippen LogP contribution is -2.33. The average molecular weight is 344 g/mol. The van der Waals surface area contributed by atoms with E-state index in [-0.39, 0.29) is 17.0 Å². The molecule has 2 rings (SSSR count). The lowest BCUT2D eigenvalue weighted by atomic mass is 9.89. The first kappa shape index (κ1) is 16.9. The summed E-state index contributed by atoms with van der Waals surface area (Å²) in [6, 6.07) is 3.02. The van der Waals surface area contributed by atoms with Gasteiger partial charge in [0.25, 0.3) is 5.69 Å². The van der Waals surface area contributed by atoms with Gasteiger partial charge in [0.15, 0.2) is 0 Å². The number of aromatic nitrogens is 1. The van der Waals surface area contributed by atoms with E-state index in [1.807, 2.05) is 0 Å². The van der Waals surface area contributed by atoms with Gasteiger partial charge in [0.2, 0.25) is 0 Å². The summed E-state index contributed by atoms with van der Waals surface area (Å²) >= 11 is 0. The maximum absolute atomic E-state index is 10.6. The highest BCUT2D eigenvalue weighted by Crippen LogP contribution is 2.48. The molecule has 0 atom stereocenters. The monoisotopic (exact) mass is 344 g/mol. The van der Waals surface area contributed by atoms with Crippen LogP contribution in [0.4, 0.5) is 10.5 Å². The Morgan fingerprint density at radius 3 is 2.68 bits per heavy atom. The number of nitro groups is 1. The second kappa shape index (κ2) is 7.68. The highest BCUT2D eigenvalue weighted by atomic mass is 33.1. The summed E-state index contributed by atoms with van der Waals surface area (Å²) in [5.41, 5.74) is -0.0454. The zero-order valence-electron chi connectivity index (χ0n) is 11.8. The third-order valence-corrected chi connectivity index (χ3v) is 6.66. The first-order valence-electron chi connectivity index (χ1n) is 6.83. The van der Waals surface area contributed by atoms with E-state index in [4.69, 9.17) is 9.84 Å². The molecule has 1 aromatic heterocycles. The predicted octanol–water partition coefficient (Wildman–Crippen LogP) is 4.13. The van der Waals surface area contributed by atoms with E-state index in [1.165, 1.54) is 23.1 Å². The van der Waals surface area contributed by atoms with Crippen molar-refractivity contribution < 1.29 is 19.6 Å². The van der Waals surface area contributed by atoms with Crippen LogP contribution in [0.15, 0.2) is 23.4 Å². The van der Waals surface area contributed by atoms with Crippen LogP contribution < -0.4 is 0 Å². The Bertz CT molecular complexity index is 532. The van der Waals surface area contributed by atoms with Gasteiger partial charge in [0, 0.05) is 6.07 Å². The molecular weight excluding hydrogens is 328 g/mol. The number of pyridine rings is 1. The second-order valence-electron chi connectivity index (χ2n) is 5.08. The van der Waals surface area contributed by atoms with Crippen molar-refractivity contribution in [3.8, 4) is 0 Å². The van der Waals surface area contributed by atoms with Crippen LogP contribution in [0.5, 0.6) is 0 Å². The molecule has 7 nitrogen and oxygen atoms in total. The largest absolute Gasteiger partial charge is 0.505 e. The normalized spacial score (nSPS) is 16.9. The molecule has 1 fully saturated rings. The van der Waals surface area contributed by atoms with E-state index < -0.39 is 11.1 Å². The summed E-state index contributed by atoms with van der Waals surface area (Å²) in [5.74, 6) is 0. The molecule has 0 unspecified atom stereocenters. The van der Waals surface area contributed by atoms with Gasteiger partial charge in [-0.05, 0) is 29.7 Å². The molecule has 1 N–H and O–H groups in total. The second-order valence-corrected chi connectivity index (χ2v) is 7.69. The van der Waals surface area contributed by atoms with Crippen molar-refractivity contribution in [2.75, 3.05) is 6.61 Å². The molecule has 1 aliphatic carbocycles. The smallest absolute Gasteiger partial charge is 0.450 e. The molecule has 1 aromatic rings. The molecule has 0 spiro atoms. The number of carbonyl (C=O) groups is 1. The van der Waals surface area contributed by atoms with E-state index in [0.717, 1.165) is 32.1 Å². The minimum absolute atomic E-state index is 0.0454. The Morgan fingerprint density at radius 2 is 2.14 bits per heavy atom. The SMILES string of the molecule is O=C(O)OCC1(SSc2ccc([N+](=O)[O-])cn2)CCCCC1. The van der Waals surface area contributed by atoms with Crippen molar-refractivity contribution in [3.05, 3.63) is 28.4 Å². The van der Waals surface area contributed by atoms with Gasteiger partial charge < -0.3 is 9.84 Å². The molecule has 0 amide bonds. The van der Waals surface area contributed by atoms with Crippen LogP contribution >= 0.6 is 21.6 Å². The number of carboxylic acid groups (broad SMARTS) is 1. The van der Waals surface area contributed by atoms with Gasteiger partial charge in [-0.1, -0.05) is 30.1 Å². The molecule has 1 heterocycles. The van der Waals surface area contributed by atoms with Crippen LogP contribution in [-0.4, -0.2) is 32.5 Å². The number of hydrogen-bond acceptors (Lipinski definition) is 7. The zero-order valence-corrected chi connectivity index (χ0v) is 13.4. The van der Waals surface area contributed by atoms with Gasteiger partial charge in [0.05, 0.1) is 9.67 Å². The minimum atomic E-state index is -1.26. The molecule has 120 valence electrons. The standard InChI is InChI=1S/C13H16N2O5S2/c16-12(17)20-9-13(6-2-1-3-7-13)22-21-11-5-4-10(8-14-11)15(18)19/h4-5,8H,1-3,6-7,9H2,(H,16,17). The van der Waals surface area contributed by atoms with Crippen molar-refractivity contribution in [2.45, 2.75) is 41.9 Å². The number of hydrogen-bond donors (Lipinski definition) is 1. The van der Waals surface area contributed by atoms with Gasteiger partial charge in [-0.15, -0.1) is 0 Å². The Balaban J connectivity index is 1.98. The maximum atomic E-state index is 10.6. The third-order valence-electron chi connectivity index (χ3n) is 3.46. The number of rotatable bonds is 6. The van der Waals surface area contributed by atoms with Crippen molar-refractivity contribution >= 4 is 33.4 Å². The van der Waals surface area contributed by atoms with Crippen LogP contribution in [0, 0.1) is 10.1 Å². The molecule has 0 saturated heterocycles. The molecule has 0 radical (unpaired) electrons. The van der Waals surface area contributed by atoms with Gasteiger partial charge in [-0.3, -0.25) is 10.1 Å². The average Bonchev–Trinajstić information content (AvgIpc) is 2.52. The Hall–Kier alpha value is -1.48. The molecule has 0 aliphatic heterocycles. The van der Waals surface area contributed by atoms with Crippen molar-refractivity contribution in [1.82, 2.24) is 4.98 Å². The number of ether oxygens (including phenoxy) is 1. The fourth-order valence-electron chi connectivity index (χ4n) is 2.30. The van der Waals surface area contributed by atoms with E-state index in [1.54, 1.807) is 16.9 Å². The van der Waals surface area contributed by atoms with Gasteiger partial charge in [0.1, 0.15) is 17.8 Å². The summed E-state index contributed by atoms with van der Waals surface area (Å²) in [6.07, 6.45) is 4.99. The summed E-state index contributed by atoms with van der Waals surface area (Å²) < 4.78 is 4.55. The summed E-state index contributed by atoms with van der Waals surface area (Å²) in [7, 11) is 2.96. The van der Waals surface area contributed by atoms with Crippen molar-refractivity contribution in [2.24, 2.45) is 0 Å². The van der Waals surface area contributed by atoms with Crippen LogP contribution in [0.25, 0.3) is 0 Å². The molecule has 9 heteroatoms. The molecule has 0 bridgehead atoms.